The Kier molecular flexibility index (Phi) is 4.20. The van der Waals surface area contributed by atoms with E-state index in [4.69, 9.17) is 34.8 Å². The van der Waals surface area contributed by atoms with Crippen LogP contribution in [0.1, 0.15) is 0 Å². The Labute approximate surface area is 124 Å². The molecule has 0 saturated carbocycles. The molecule has 0 aromatic heterocycles. The molecule has 1 amide bonds. The molecule has 0 aliphatic heterocycles. The van der Waals surface area contributed by atoms with Gasteiger partial charge in [-0.25, -0.2) is 9.69 Å². The maximum atomic E-state index is 11.5. The number of carboxylic acid groups (broad SMARTS) is 1. The van der Waals surface area contributed by atoms with Crippen molar-refractivity contribution < 1.29 is 9.90 Å². The molecule has 0 bridgehead atoms. The van der Waals surface area contributed by atoms with Gasteiger partial charge in [0.2, 0.25) is 0 Å². The molecule has 98 valence electrons. The van der Waals surface area contributed by atoms with E-state index in [1.807, 2.05) is 0 Å². The summed E-state index contributed by atoms with van der Waals surface area (Å²) in [4.78, 5) is 12.5. The topological polar surface area (TPSA) is 40.5 Å². The molecule has 0 atom stereocenters. The molecular weight excluding hydrogens is 309 g/mol. The average molecular weight is 317 g/mol. The number of rotatable bonds is 2. The third kappa shape index (κ3) is 2.95. The number of benzene rings is 2. The van der Waals surface area contributed by atoms with Gasteiger partial charge in [-0.2, -0.15) is 0 Å². The minimum atomic E-state index is -1.18. The Hall–Kier alpha value is -1.42. The van der Waals surface area contributed by atoms with Gasteiger partial charge in [0.05, 0.1) is 21.4 Å². The van der Waals surface area contributed by atoms with Gasteiger partial charge < -0.3 is 5.11 Å². The molecule has 0 aliphatic rings. The van der Waals surface area contributed by atoms with E-state index in [1.165, 1.54) is 12.1 Å². The lowest BCUT2D eigenvalue weighted by Crippen LogP contribution is -2.24. The van der Waals surface area contributed by atoms with E-state index in [2.05, 4.69) is 0 Å². The second-order valence-electron chi connectivity index (χ2n) is 3.67. The fourth-order valence-corrected chi connectivity index (χ4v) is 2.65. The lowest BCUT2D eigenvalue weighted by atomic mass is 10.2. The van der Waals surface area contributed by atoms with Crippen molar-refractivity contribution in [1.29, 1.82) is 0 Å². The highest BCUT2D eigenvalue weighted by Gasteiger charge is 2.22. The zero-order chi connectivity index (χ0) is 14.0. The number of anilines is 2. The number of nitrogens with zero attached hydrogens (tertiary/aromatic N) is 1. The summed E-state index contributed by atoms with van der Waals surface area (Å²) in [5.41, 5.74) is 0.632. The third-order valence-corrected chi connectivity index (χ3v) is 3.21. The van der Waals surface area contributed by atoms with Gasteiger partial charge in [0.25, 0.3) is 0 Å². The van der Waals surface area contributed by atoms with Crippen LogP contribution in [0.25, 0.3) is 0 Å². The van der Waals surface area contributed by atoms with E-state index in [1.54, 1.807) is 30.3 Å². The summed E-state index contributed by atoms with van der Waals surface area (Å²) in [7, 11) is 0. The standard InChI is InChI=1S/C13H8Cl3NO2/c14-8-6-10(15)12(11(16)7-8)17(13(18)19)9-4-2-1-3-5-9/h1-7H,(H,18,19). The lowest BCUT2D eigenvalue weighted by Gasteiger charge is -2.22. The van der Waals surface area contributed by atoms with Gasteiger partial charge >= 0.3 is 6.09 Å². The minimum absolute atomic E-state index is 0.170. The molecule has 1 N–H and O–H groups in total. The molecule has 0 unspecified atom stereocenters. The second-order valence-corrected chi connectivity index (χ2v) is 4.92. The van der Waals surface area contributed by atoms with E-state index < -0.39 is 6.09 Å². The van der Waals surface area contributed by atoms with Gasteiger partial charge in [0, 0.05) is 5.02 Å². The number of amides is 1. The fourth-order valence-electron chi connectivity index (χ4n) is 1.66. The minimum Gasteiger partial charge on any atom is -0.464 e. The molecule has 0 heterocycles. The first-order chi connectivity index (χ1) is 9.00. The Morgan fingerprint density at radius 1 is 1.00 bits per heavy atom. The van der Waals surface area contributed by atoms with Gasteiger partial charge in [0.1, 0.15) is 0 Å². The molecule has 0 fully saturated rings. The van der Waals surface area contributed by atoms with Crippen molar-refractivity contribution >= 4 is 52.3 Å². The number of hydrogen-bond acceptors (Lipinski definition) is 1. The first-order valence-electron chi connectivity index (χ1n) is 5.23. The molecule has 3 nitrogen and oxygen atoms in total. The SMILES string of the molecule is O=C(O)N(c1ccccc1)c1c(Cl)cc(Cl)cc1Cl. The third-order valence-electron chi connectivity index (χ3n) is 2.41. The normalized spacial score (nSPS) is 10.3. The summed E-state index contributed by atoms with van der Waals surface area (Å²) in [5, 5.41) is 10.1. The lowest BCUT2D eigenvalue weighted by molar-refractivity contribution is 0.205. The van der Waals surface area contributed by atoms with E-state index in [9.17, 15) is 9.90 Å². The van der Waals surface area contributed by atoms with E-state index in [0.717, 1.165) is 4.90 Å². The quantitative estimate of drug-likeness (QED) is 0.799. The van der Waals surface area contributed by atoms with Crippen molar-refractivity contribution in [2.24, 2.45) is 0 Å². The van der Waals surface area contributed by atoms with Crippen LogP contribution in [0.3, 0.4) is 0 Å². The highest BCUT2D eigenvalue weighted by Crippen LogP contribution is 2.40. The highest BCUT2D eigenvalue weighted by molar-refractivity contribution is 6.42. The maximum Gasteiger partial charge on any atom is 0.416 e. The number of halogens is 3. The molecule has 19 heavy (non-hydrogen) atoms. The van der Waals surface area contributed by atoms with Crippen LogP contribution in [-0.4, -0.2) is 11.2 Å². The van der Waals surface area contributed by atoms with Crippen molar-refractivity contribution in [3.8, 4) is 0 Å². The molecule has 2 aromatic carbocycles. The fraction of sp³-hybridized carbons (Fsp3) is 0. The first-order valence-corrected chi connectivity index (χ1v) is 6.36. The van der Waals surface area contributed by atoms with E-state index in [-0.39, 0.29) is 15.7 Å². The number of carbonyl (C=O) groups is 1. The summed E-state index contributed by atoms with van der Waals surface area (Å²) in [6, 6.07) is 11.4. The summed E-state index contributed by atoms with van der Waals surface area (Å²) in [6.07, 6.45) is -1.18. The van der Waals surface area contributed by atoms with Crippen LogP contribution in [-0.2, 0) is 0 Å². The van der Waals surface area contributed by atoms with Crippen LogP contribution >= 0.6 is 34.8 Å². The Balaban J connectivity index is 2.62. The van der Waals surface area contributed by atoms with E-state index in [0.29, 0.717) is 10.7 Å². The van der Waals surface area contributed by atoms with Crippen LogP contribution in [0.4, 0.5) is 16.2 Å². The van der Waals surface area contributed by atoms with Crippen LogP contribution in [0.15, 0.2) is 42.5 Å². The molecule has 0 saturated heterocycles. The summed E-state index contributed by atoms with van der Waals surface area (Å²) in [6.45, 7) is 0. The Morgan fingerprint density at radius 2 is 1.53 bits per heavy atom. The van der Waals surface area contributed by atoms with Crippen molar-refractivity contribution in [3.05, 3.63) is 57.5 Å². The second kappa shape index (κ2) is 5.70. The largest absolute Gasteiger partial charge is 0.464 e. The van der Waals surface area contributed by atoms with Gasteiger partial charge in [-0.15, -0.1) is 0 Å². The average Bonchev–Trinajstić information content (AvgIpc) is 2.34. The Morgan fingerprint density at radius 3 is 2.00 bits per heavy atom. The predicted molar refractivity (Wildman–Crippen MR) is 78.1 cm³/mol. The van der Waals surface area contributed by atoms with Crippen molar-refractivity contribution in [2.75, 3.05) is 4.90 Å². The number of hydrogen-bond donors (Lipinski definition) is 1. The molecule has 6 heteroatoms. The van der Waals surface area contributed by atoms with Gasteiger partial charge in [-0.3, -0.25) is 0 Å². The van der Waals surface area contributed by atoms with E-state index >= 15 is 0 Å². The smallest absolute Gasteiger partial charge is 0.416 e. The summed E-state index contributed by atoms with van der Waals surface area (Å²) in [5.74, 6) is 0. The van der Waals surface area contributed by atoms with Gasteiger partial charge in [-0.05, 0) is 24.3 Å². The van der Waals surface area contributed by atoms with Crippen LogP contribution in [0.2, 0.25) is 15.1 Å². The van der Waals surface area contributed by atoms with Crippen LogP contribution in [0.5, 0.6) is 0 Å². The molecule has 0 aliphatic carbocycles. The molecule has 2 aromatic rings. The zero-order valence-corrected chi connectivity index (χ0v) is 11.7. The maximum absolute atomic E-state index is 11.5. The van der Waals surface area contributed by atoms with Crippen LogP contribution in [0, 0.1) is 0 Å². The Bertz CT molecular complexity index is 594. The van der Waals surface area contributed by atoms with Crippen LogP contribution < -0.4 is 4.90 Å². The molecule has 2 rings (SSSR count). The monoisotopic (exact) mass is 315 g/mol. The van der Waals surface area contributed by atoms with Crippen molar-refractivity contribution in [1.82, 2.24) is 0 Å². The molecule has 0 radical (unpaired) electrons. The van der Waals surface area contributed by atoms with Crippen molar-refractivity contribution in [3.63, 3.8) is 0 Å². The molecular formula is C13H8Cl3NO2. The summed E-state index contributed by atoms with van der Waals surface area (Å²) < 4.78 is 0. The predicted octanol–water partition coefficient (Wildman–Crippen LogP) is 5.46. The van der Waals surface area contributed by atoms with Gasteiger partial charge in [-0.1, -0.05) is 53.0 Å². The van der Waals surface area contributed by atoms with Gasteiger partial charge in [0.15, 0.2) is 0 Å². The first kappa shape index (κ1) is 14.0. The number of para-hydroxylation sites is 1. The molecule has 0 spiro atoms. The van der Waals surface area contributed by atoms with Crippen molar-refractivity contribution in [2.45, 2.75) is 0 Å². The zero-order valence-electron chi connectivity index (χ0n) is 9.48. The highest BCUT2D eigenvalue weighted by atomic mass is 35.5. The summed E-state index contributed by atoms with van der Waals surface area (Å²) >= 11 is 17.9.